The molecule has 0 amide bonds. The van der Waals surface area contributed by atoms with Crippen molar-refractivity contribution in [1.29, 1.82) is 0 Å². The monoisotopic (exact) mass is 277 g/mol. The van der Waals surface area contributed by atoms with Crippen LogP contribution in [-0.2, 0) is 6.42 Å². The van der Waals surface area contributed by atoms with E-state index in [1.54, 1.807) is 0 Å². The SMILES string of the molecule is CCc1ccccc1-n1c(C)cc(Br)c1C. The van der Waals surface area contributed by atoms with E-state index in [0.717, 1.165) is 6.42 Å². The van der Waals surface area contributed by atoms with Crippen LogP contribution in [0.4, 0.5) is 0 Å². The summed E-state index contributed by atoms with van der Waals surface area (Å²) in [5.74, 6) is 0. The van der Waals surface area contributed by atoms with Gasteiger partial charge in [-0.1, -0.05) is 25.1 Å². The van der Waals surface area contributed by atoms with Gasteiger partial charge in [0.25, 0.3) is 0 Å². The number of hydrogen-bond donors (Lipinski definition) is 0. The van der Waals surface area contributed by atoms with Crippen LogP contribution in [0, 0.1) is 13.8 Å². The fourth-order valence-electron chi connectivity index (χ4n) is 2.12. The molecule has 0 fully saturated rings. The molecule has 1 aromatic heterocycles. The topological polar surface area (TPSA) is 4.93 Å². The van der Waals surface area contributed by atoms with E-state index in [0.29, 0.717) is 0 Å². The molecule has 1 nitrogen and oxygen atoms in total. The highest BCUT2D eigenvalue weighted by molar-refractivity contribution is 9.10. The molecule has 0 radical (unpaired) electrons. The van der Waals surface area contributed by atoms with Crippen LogP contribution in [0.3, 0.4) is 0 Å². The lowest BCUT2D eigenvalue weighted by atomic mass is 10.1. The maximum atomic E-state index is 3.59. The standard InChI is InChI=1S/C14H16BrN/c1-4-12-7-5-6-8-14(12)16-10(2)9-13(15)11(16)3/h5-9H,4H2,1-3H3. The summed E-state index contributed by atoms with van der Waals surface area (Å²) in [4.78, 5) is 0. The van der Waals surface area contributed by atoms with Gasteiger partial charge in [0, 0.05) is 21.5 Å². The predicted octanol–water partition coefficient (Wildman–Crippen LogP) is 4.42. The van der Waals surface area contributed by atoms with Crippen LogP contribution in [0.5, 0.6) is 0 Å². The van der Waals surface area contributed by atoms with E-state index in [4.69, 9.17) is 0 Å². The molecule has 0 unspecified atom stereocenters. The van der Waals surface area contributed by atoms with Gasteiger partial charge in [0.15, 0.2) is 0 Å². The Kier molecular flexibility index (Phi) is 3.20. The first-order valence-corrected chi connectivity index (χ1v) is 6.37. The van der Waals surface area contributed by atoms with Gasteiger partial charge < -0.3 is 4.57 Å². The number of aromatic nitrogens is 1. The largest absolute Gasteiger partial charge is 0.317 e. The van der Waals surface area contributed by atoms with Crippen molar-refractivity contribution in [2.45, 2.75) is 27.2 Å². The molecule has 0 N–H and O–H groups in total. The normalized spacial score (nSPS) is 10.8. The van der Waals surface area contributed by atoms with E-state index in [-0.39, 0.29) is 0 Å². The molecule has 1 aromatic carbocycles. The van der Waals surface area contributed by atoms with Gasteiger partial charge in [0.2, 0.25) is 0 Å². The maximum absolute atomic E-state index is 3.59. The lowest BCUT2D eigenvalue weighted by molar-refractivity contribution is 0.935. The van der Waals surface area contributed by atoms with Gasteiger partial charge in [-0.05, 0) is 53.9 Å². The number of halogens is 1. The molecule has 0 saturated carbocycles. The molecule has 84 valence electrons. The zero-order valence-electron chi connectivity index (χ0n) is 9.92. The first-order valence-electron chi connectivity index (χ1n) is 5.58. The lowest BCUT2D eigenvalue weighted by Gasteiger charge is -2.13. The number of aryl methyl sites for hydroxylation is 2. The number of hydrogen-bond acceptors (Lipinski definition) is 0. The minimum Gasteiger partial charge on any atom is -0.317 e. The summed E-state index contributed by atoms with van der Waals surface area (Å²) in [5, 5.41) is 0. The fraction of sp³-hybridized carbons (Fsp3) is 0.286. The predicted molar refractivity (Wildman–Crippen MR) is 72.3 cm³/mol. The minimum atomic E-state index is 1.06. The first-order chi connectivity index (χ1) is 7.65. The summed E-state index contributed by atoms with van der Waals surface area (Å²) in [5.41, 5.74) is 5.21. The van der Waals surface area contributed by atoms with Gasteiger partial charge in [-0.15, -0.1) is 0 Å². The van der Waals surface area contributed by atoms with E-state index < -0.39 is 0 Å². The van der Waals surface area contributed by atoms with Crippen LogP contribution in [0.15, 0.2) is 34.8 Å². The number of rotatable bonds is 2. The second kappa shape index (κ2) is 4.46. The highest BCUT2D eigenvalue weighted by atomic mass is 79.9. The second-order valence-corrected chi connectivity index (χ2v) is 4.89. The molecular weight excluding hydrogens is 262 g/mol. The van der Waals surface area contributed by atoms with E-state index in [9.17, 15) is 0 Å². The Morgan fingerprint density at radius 1 is 1.19 bits per heavy atom. The molecule has 0 aliphatic carbocycles. The molecule has 2 rings (SSSR count). The van der Waals surface area contributed by atoms with Crippen LogP contribution in [0.2, 0.25) is 0 Å². The Hall–Kier alpha value is -1.02. The molecule has 0 spiro atoms. The fourth-order valence-corrected chi connectivity index (χ4v) is 2.63. The molecular formula is C14H16BrN. The van der Waals surface area contributed by atoms with E-state index in [1.807, 2.05) is 0 Å². The van der Waals surface area contributed by atoms with Crippen LogP contribution in [0.1, 0.15) is 23.9 Å². The first kappa shape index (κ1) is 11.5. The number of nitrogens with zero attached hydrogens (tertiary/aromatic N) is 1. The highest BCUT2D eigenvalue weighted by Crippen LogP contribution is 2.26. The van der Waals surface area contributed by atoms with E-state index >= 15 is 0 Å². The highest BCUT2D eigenvalue weighted by Gasteiger charge is 2.10. The quantitative estimate of drug-likeness (QED) is 0.766. The van der Waals surface area contributed by atoms with Gasteiger partial charge in [-0.25, -0.2) is 0 Å². The summed E-state index contributed by atoms with van der Waals surface area (Å²) in [6.07, 6.45) is 1.06. The zero-order valence-corrected chi connectivity index (χ0v) is 11.5. The van der Waals surface area contributed by atoms with E-state index in [1.165, 1.54) is 27.1 Å². The third-order valence-corrected chi connectivity index (χ3v) is 3.79. The van der Waals surface area contributed by atoms with Crippen LogP contribution in [-0.4, -0.2) is 4.57 Å². The molecule has 0 saturated heterocycles. The van der Waals surface area contributed by atoms with Crippen LogP contribution in [0.25, 0.3) is 5.69 Å². The van der Waals surface area contributed by atoms with Gasteiger partial charge in [0.05, 0.1) is 0 Å². The van der Waals surface area contributed by atoms with E-state index in [2.05, 4.69) is 71.6 Å². The molecule has 0 atom stereocenters. The van der Waals surface area contributed by atoms with Crippen molar-refractivity contribution in [1.82, 2.24) is 4.57 Å². The van der Waals surface area contributed by atoms with Crippen molar-refractivity contribution in [3.8, 4) is 5.69 Å². The third-order valence-electron chi connectivity index (χ3n) is 2.98. The van der Waals surface area contributed by atoms with Crippen molar-refractivity contribution < 1.29 is 0 Å². The van der Waals surface area contributed by atoms with Crippen molar-refractivity contribution in [2.24, 2.45) is 0 Å². The number of benzene rings is 1. The second-order valence-electron chi connectivity index (χ2n) is 4.04. The Bertz CT molecular complexity index is 511. The summed E-state index contributed by atoms with van der Waals surface area (Å²) in [6, 6.07) is 10.8. The van der Waals surface area contributed by atoms with Crippen molar-refractivity contribution >= 4 is 15.9 Å². The molecule has 1 heterocycles. The van der Waals surface area contributed by atoms with Crippen LogP contribution >= 0.6 is 15.9 Å². The third kappa shape index (κ3) is 1.82. The molecule has 0 bridgehead atoms. The minimum absolute atomic E-state index is 1.06. The van der Waals surface area contributed by atoms with Crippen molar-refractivity contribution in [3.63, 3.8) is 0 Å². The maximum Gasteiger partial charge on any atom is 0.0487 e. The average Bonchev–Trinajstić information content (AvgIpc) is 2.53. The lowest BCUT2D eigenvalue weighted by Crippen LogP contribution is -2.02. The molecule has 2 aromatic rings. The zero-order chi connectivity index (χ0) is 11.7. The molecule has 0 aliphatic heterocycles. The Balaban J connectivity index is 2.67. The van der Waals surface area contributed by atoms with Gasteiger partial charge in [-0.3, -0.25) is 0 Å². The molecule has 0 aliphatic rings. The molecule has 2 heteroatoms. The summed E-state index contributed by atoms with van der Waals surface area (Å²) in [7, 11) is 0. The number of para-hydroxylation sites is 1. The van der Waals surface area contributed by atoms with Crippen molar-refractivity contribution in [3.05, 3.63) is 51.8 Å². The van der Waals surface area contributed by atoms with Gasteiger partial charge in [0.1, 0.15) is 0 Å². The Morgan fingerprint density at radius 2 is 1.88 bits per heavy atom. The van der Waals surface area contributed by atoms with Gasteiger partial charge in [-0.2, -0.15) is 0 Å². The van der Waals surface area contributed by atoms with Crippen LogP contribution < -0.4 is 0 Å². The summed E-state index contributed by atoms with van der Waals surface area (Å²) >= 11 is 3.59. The smallest absolute Gasteiger partial charge is 0.0487 e. The summed E-state index contributed by atoms with van der Waals surface area (Å²) < 4.78 is 3.49. The Labute approximate surface area is 105 Å². The van der Waals surface area contributed by atoms with Gasteiger partial charge >= 0.3 is 0 Å². The molecule has 16 heavy (non-hydrogen) atoms. The Morgan fingerprint density at radius 3 is 2.44 bits per heavy atom. The van der Waals surface area contributed by atoms with Crippen molar-refractivity contribution in [2.75, 3.05) is 0 Å². The average molecular weight is 278 g/mol. The summed E-state index contributed by atoms with van der Waals surface area (Å²) in [6.45, 7) is 6.48.